The maximum absolute atomic E-state index is 14.2. The highest BCUT2D eigenvalue weighted by Gasteiger charge is 2.34. The van der Waals surface area contributed by atoms with Gasteiger partial charge in [0.2, 0.25) is 5.78 Å². The minimum atomic E-state index is -3.59. The molecule has 0 radical (unpaired) electrons. The van der Waals surface area contributed by atoms with Gasteiger partial charge in [-0.25, -0.2) is 4.39 Å². The number of carbonyl (C=O) groups excluding carboxylic acids is 1. The number of alkyl halides is 1. The lowest BCUT2D eigenvalue weighted by Crippen LogP contribution is -2.29. The molecule has 0 bridgehead atoms. The smallest absolute Gasteiger partial charge is 0.319 e. The van der Waals surface area contributed by atoms with Crippen molar-refractivity contribution in [2.45, 2.75) is 91.8 Å². The SMILES string of the molecule is CCCC.COc1c(/C=C/C(=O)C(C)(F)O[PH](=O)O)cc(C(C)(C)C)cc1C(C)(C)C. The van der Waals surface area contributed by atoms with Crippen LogP contribution < -0.4 is 4.74 Å². The van der Waals surface area contributed by atoms with Crippen LogP contribution in [-0.2, 0) is 24.7 Å². The second-order valence-corrected chi connectivity index (χ2v) is 10.4. The summed E-state index contributed by atoms with van der Waals surface area (Å²) in [6.45, 7) is 17.6. The van der Waals surface area contributed by atoms with Crippen molar-refractivity contribution < 1.29 is 27.9 Å². The van der Waals surface area contributed by atoms with E-state index in [1.54, 1.807) is 7.11 Å². The number of unbranched alkanes of at least 4 members (excludes halogenated alkanes) is 1. The minimum Gasteiger partial charge on any atom is -0.496 e. The molecule has 31 heavy (non-hydrogen) atoms. The highest BCUT2D eigenvalue weighted by Crippen LogP contribution is 2.39. The number of ketones is 1. The summed E-state index contributed by atoms with van der Waals surface area (Å²) in [7, 11) is -2.04. The molecule has 178 valence electrons. The van der Waals surface area contributed by atoms with Crippen molar-refractivity contribution in [2.24, 2.45) is 0 Å². The van der Waals surface area contributed by atoms with Crippen molar-refractivity contribution in [1.29, 1.82) is 0 Å². The molecule has 0 saturated heterocycles. The number of hydrogen-bond acceptors (Lipinski definition) is 4. The Morgan fingerprint density at radius 3 is 1.94 bits per heavy atom. The molecule has 0 heterocycles. The molecule has 0 amide bonds. The molecule has 0 spiro atoms. The highest BCUT2D eigenvalue weighted by molar-refractivity contribution is 7.32. The molecule has 1 aromatic rings. The third-order valence-electron chi connectivity index (χ3n) is 4.63. The molecule has 0 aromatic heterocycles. The van der Waals surface area contributed by atoms with E-state index in [-0.39, 0.29) is 10.8 Å². The standard InChI is InChI=1S/C20H30FO5P.C4H10/c1-18(2,3)14-11-13(17(25-8)15(12-14)19(4,5)6)9-10-16(22)20(7,21)26-27(23)24;1-3-4-2/h9-12,27H,1-8H3,(H,23,24);3-4H2,1-2H3/b10-9+;. The van der Waals surface area contributed by atoms with Crippen LogP contribution in [-0.4, -0.2) is 23.6 Å². The van der Waals surface area contributed by atoms with Crippen LogP contribution in [0, 0.1) is 0 Å². The third-order valence-corrected chi connectivity index (χ3v) is 5.19. The fourth-order valence-corrected chi connectivity index (χ4v) is 2.95. The fourth-order valence-electron chi connectivity index (χ4n) is 2.52. The number of halogens is 1. The number of carbonyl (C=O) groups is 1. The second-order valence-electron chi connectivity index (χ2n) is 9.63. The average molecular weight is 459 g/mol. The van der Waals surface area contributed by atoms with Crippen LogP contribution in [0.2, 0.25) is 0 Å². The van der Waals surface area contributed by atoms with E-state index in [1.165, 1.54) is 18.9 Å². The van der Waals surface area contributed by atoms with Crippen molar-refractivity contribution in [1.82, 2.24) is 0 Å². The third kappa shape index (κ3) is 9.67. The predicted molar refractivity (Wildman–Crippen MR) is 127 cm³/mol. The Kier molecular flexibility index (Phi) is 11.4. The molecular formula is C24H40FO5P. The first-order valence-electron chi connectivity index (χ1n) is 10.6. The number of rotatable bonds is 7. The molecule has 0 saturated carbocycles. The van der Waals surface area contributed by atoms with Crippen molar-refractivity contribution in [2.75, 3.05) is 7.11 Å². The van der Waals surface area contributed by atoms with Gasteiger partial charge in [-0.15, -0.1) is 0 Å². The lowest BCUT2D eigenvalue weighted by Gasteiger charge is -2.28. The monoisotopic (exact) mass is 458 g/mol. The number of hydrogen-bond donors (Lipinski definition) is 1. The lowest BCUT2D eigenvalue weighted by atomic mass is 9.79. The van der Waals surface area contributed by atoms with Gasteiger partial charge in [-0.2, -0.15) is 0 Å². The fraction of sp³-hybridized carbons (Fsp3) is 0.625. The first-order chi connectivity index (χ1) is 14.0. The van der Waals surface area contributed by atoms with Gasteiger partial charge in [0.15, 0.2) is 0 Å². The summed E-state index contributed by atoms with van der Waals surface area (Å²) in [5, 5.41) is 0. The summed E-state index contributed by atoms with van der Waals surface area (Å²) in [6, 6.07) is 3.97. The van der Waals surface area contributed by atoms with E-state index in [4.69, 9.17) is 9.63 Å². The van der Waals surface area contributed by atoms with Gasteiger partial charge in [0.25, 0.3) is 5.85 Å². The molecular weight excluding hydrogens is 418 g/mol. The van der Waals surface area contributed by atoms with Crippen LogP contribution in [0.25, 0.3) is 6.08 Å². The molecule has 1 rings (SSSR count). The Balaban J connectivity index is 0.00000206. The summed E-state index contributed by atoms with van der Waals surface area (Å²) in [5.41, 5.74) is 2.26. The van der Waals surface area contributed by atoms with Gasteiger partial charge >= 0.3 is 8.25 Å². The van der Waals surface area contributed by atoms with Gasteiger partial charge < -0.3 is 9.63 Å². The van der Waals surface area contributed by atoms with E-state index >= 15 is 0 Å². The lowest BCUT2D eigenvalue weighted by molar-refractivity contribution is -0.143. The molecule has 1 N–H and O–H groups in total. The number of methoxy groups -OCH3 is 1. The zero-order valence-electron chi connectivity index (χ0n) is 20.7. The van der Waals surface area contributed by atoms with E-state index in [1.807, 2.05) is 6.07 Å². The quantitative estimate of drug-likeness (QED) is 0.361. The topological polar surface area (TPSA) is 72.8 Å². The van der Waals surface area contributed by atoms with Crippen LogP contribution in [0.4, 0.5) is 4.39 Å². The van der Waals surface area contributed by atoms with E-state index in [9.17, 15) is 13.8 Å². The number of benzene rings is 1. The van der Waals surface area contributed by atoms with Crippen LogP contribution in [0.1, 0.15) is 91.8 Å². The first-order valence-corrected chi connectivity index (χ1v) is 11.8. The van der Waals surface area contributed by atoms with Gasteiger partial charge in [-0.05, 0) is 34.6 Å². The first kappa shape index (κ1) is 29.5. The molecule has 0 fully saturated rings. The van der Waals surface area contributed by atoms with Crippen LogP contribution in [0.3, 0.4) is 0 Å². The summed E-state index contributed by atoms with van der Waals surface area (Å²) < 4.78 is 34.7. The maximum atomic E-state index is 14.2. The van der Waals surface area contributed by atoms with E-state index < -0.39 is 19.9 Å². The zero-order chi connectivity index (χ0) is 24.6. The molecule has 5 nitrogen and oxygen atoms in total. The molecule has 2 unspecified atom stereocenters. The van der Waals surface area contributed by atoms with Gasteiger partial charge in [0.1, 0.15) is 5.75 Å². The van der Waals surface area contributed by atoms with Crippen molar-refractivity contribution in [3.05, 3.63) is 34.9 Å². The van der Waals surface area contributed by atoms with Gasteiger partial charge in [0, 0.05) is 18.1 Å². The highest BCUT2D eigenvalue weighted by atomic mass is 31.1. The summed E-state index contributed by atoms with van der Waals surface area (Å²) in [5.74, 6) is -3.34. The second kappa shape index (κ2) is 11.9. The molecule has 0 aliphatic rings. The van der Waals surface area contributed by atoms with E-state index in [0.717, 1.165) is 24.1 Å². The summed E-state index contributed by atoms with van der Waals surface area (Å²) >= 11 is 0. The average Bonchev–Trinajstić information content (AvgIpc) is 2.62. The normalized spacial score (nSPS) is 15.1. The number of ether oxygens (including phenoxy) is 1. The van der Waals surface area contributed by atoms with Gasteiger partial charge in [0.05, 0.1) is 7.11 Å². The Morgan fingerprint density at radius 1 is 1.06 bits per heavy atom. The molecule has 2 atom stereocenters. The molecule has 7 heteroatoms. The zero-order valence-corrected chi connectivity index (χ0v) is 21.7. The van der Waals surface area contributed by atoms with Crippen molar-refractivity contribution >= 4 is 20.1 Å². The maximum Gasteiger partial charge on any atom is 0.319 e. The largest absolute Gasteiger partial charge is 0.496 e. The van der Waals surface area contributed by atoms with E-state index in [0.29, 0.717) is 11.3 Å². The van der Waals surface area contributed by atoms with Crippen molar-refractivity contribution in [3.8, 4) is 5.75 Å². The van der Waals surface area contributed by atoms with Crippen LogP contribution in [0.15, 0.2) is 18.2 Å². The predicted octanol–water partition coefficient (Wildman–Crippen LogP) is 6.76. The molecule has 1 aromatic carbocycles. The van der Waals surface area contributed by atoms with Gasteiger partial charge in [-0.1, -0.05) is 74.3 Å². The Bertz CT molecular complexity index is 784. The van der Waals surface area contributed by atoms with Crippen molar-refractivity contribution in [3.63, 3.8) is 0 Å². The van der Waals surface area contributed by atoms with E-state index in [2.05, 4.69) is 66.0 Å². The summed E-state index contributed by atoms with van der Waals surface area (Å²) in [4.78, 5) is 20.8. The Labute approximate surface area is 188 Å². The molecule has 0 aliphatic carbocycles. The summed E-state index contributed by atoms with van der Waals surface area (Å²) in [6.07, 6.45) is 5.09. The Morgan fingerprint density at radius 2 is 1.58 bits per heavy atom. The minimum absolute atomic E-state index is 0.145. The molecule has 0 aliphatic heterocycles. The van der Waals surface area contributed by atoms with Crippen LogP contribution in [0.5, 0.6) is 5.75 Å². The van der Waals surface area contributed by atoms with Crippen LogP contribution >= 0.6 is 8.25 Å². The Hall–Kier alpha value is -1.49. The van der Waals surface area contributed by atoms with Gasteiger partial charge in [-0.3, -0.25) is 13.9 Å².